The monoisotopic (exact) mass is 494 g/mol. The number of carbonyl (C=O) groups excluding carboxylic acids is 4. The second-order valence-corrected chi connectivity index (χ2v) is 8.27. The summed E-state index contributed by atoms with van der Waals surface area (Å²) in [6, 6.07) is 7.03. The molecule has 1 N–H and O–H groups in total. The summed E-state index contributed by atoms with van der Waals surface area (Å²) in [5.74, 6) is -2.06. The van der Waals surface area contributed by atoms with Crippen LogP contribution in [0.5, 0.6) is 0 Å². The number of carbonyl (C=O) groups is 4. The van der Waals surface area contributed by atoms with Crippen molar-refractivity contribution in [3.05, 3.63) is 61.3 Å². The highest BCUT2D eigenvalue weighted by molar-refractivity contribution is 7.12. The average molecular weight is 495 g/mol. The van der Waals surface area contributed by atoms with Crippen LogP contribution >= 0.6 is 22.9 Å². The molecule has 0 aliphatic carbocycles. The number of benzene rings is 1. The average Bonchev–Trinajstić information content (AvgIpc) is 3.35. The number of halogens is 1. The van der Waals surface area contributed by atoms with E-state index >= 15 is 0 Å². The van der Waals surface area contributed by atoms with E-state index in [9.17, 15) is 29.3 Å². The Morgan fingerprint density at radius 1 is 1.12 bits per heavy atom. The number of hydrogen-bond acceptors (Lipinski definition) is 8. The lowest BCUT2D eigenvalue weighted by Gasteiger charge is -2.34. The second-order valence-electron chi connectivity index (χ2n) is 6.92. The van der Waals surface area contributed by atoms with E-state index in [2.05, 4.69) is 5.32 Å². The van der Waals surface area contributed by atoms with Crippen molar-refractivity contribution in [3.63, 3.8) is 0 Å². The van der Waals surface area contributed by atoms with Crippen molar-refractivity contribution in [2.45, 2.75) is 0 Å². The maximum absolute atomic E-state index is 12.3. The Balaban J connectivity index is 1.40. The van der Waals surface area contributed by atoms with E-state index in [4.69, 9.17) is 16.3 Å². The van der Waals surface area contributed by atoms with Crippen molar-refractivity contribution < 1.29 is 28.8 Å². The lowest BCUT2D eigenvalue weighted by atomic mass is 10.2. The Kier molecular flexibility index (Phi) is 7.96. The van der Waals surface area contributed by atoms with Gasteiger partial charge < -0.3 is 19.9 Å². The first-order chi connectivity index (χ1) is 15.8. The Hall–Kier alpha value is -3.51. The van der Waals surface area contributed by atoms with Crippen molar-refractivity contribution in [1.82, 2.24) is 15.1 Å². The zero-order chi connectivity index (χ0) is 24.0. The smallest absolute Gasteiger partial charge is 0.325 e. The first-order valence-electron chi connectivity index (χ1n) is 9.74. The van der Waals surface area contributed by atoms with Gasteiger partial charge in [0.1, 0.15) is 11.6 Å². The number of esters is 1. The number of ether oxygens (including phenoxy) is 1. The van der Waals surface area contributed by atoms with Gasteiger partial charge >= 0.3 is 5.97 Å². The van der Waals surface area contributed by atoms with Gasteiger partial charge in [-0.3, -0.25) is 29.3 Å². The second kappa shape index (κ2) is 10.9. The van der Waals surface area contributed by atoms with Crippen LogP contribution in [0.1, 0.15) is 20.0 Å². The molecule has 0 spiro atoms. The zero-order valence-electron chi connectivity index (χ0n) is 17.2. The van der Waals surface area contributed by atoms with Gasteiger partial charge in [0.2, 0.25) is 0 Å². The van der Waals surface area contributed by atoms with Crippen LogP contribution in [-0.2, 0) is 14.3 Å². The molecule has 0 radical (unpaired) electrons. The third kappa shape index (κ3) is 6.26. The number of nitrogens with one attached hydrogen (secondary N) is 1. The van der Waals surface area contributed by atoms with Crippen LogP contribution < -0.4 is 5.32 Å². The van der Waals surface area contributed by atoms with Crippen molar-refractivity contribution in [3.8, 4) is 0 Å². The molecule has 0 atom stereocenters. The van der Waals surface area contributed by atoms with Crippen LogP contribution in [0.4, 0.5) is 5.69 Å². The number of thiophene rings is 1. The highest BCUT2D eigenvalue weighted by Crippen LogP contribution is 2.25. The molecule has 33 heavy (non-hydrogen) atoms. The van der Waals surface area contributed by atoms with Gasteiger partial charge in [0, 0.05) is 37.8 Å². The predicted molar refractivity (Wildman–Crippen MR) is 118 cm³/mol. The summed E-state index contributed by atoms with van der Waals surface area (Å²) in [4.78, 5) is 62.6. The normalized spacial score (nSPS) is 13.4. The number of nitro groups is 1. The molecule has 1 fully saturated rings. The van der Waals surface area contributed by atoms with Crippen LogP contribution in [0.15, 0.2) is 35.7 Å². The summed E-state index contributed by atoms with van der Waals surface area (Å²) in [5.41, 5.74) is -0.486. The molecule has 0 unspecified atom stereocenters. The number of hydrogen-bond donors (Lipinski definition) is 1. The topological polar surface area (TPSA) is 139 Å². The fraction of sp³-hybridized carbons (Fsp3) is 0.300. The van der Waals surface area contributed by atoms with Crippen molar-refractivity contribution in [1.29, 1.82) is 0 Å². The van der Waals surface area contributed by atoms with Crippen LogP contribution in [-0.4, -0.2) is 77.7 Å². The highest BCUT2D eigenvalue weighted by atomic mass is 35.5. The van der Waals surface area contributed by atoms with E-state index in [-0.39, 0.29) is 16.5 Å². The summed E-state index contributed by atoms with van der Waals surface area (Å²) in [5, 5.41) is 14.9. The third-order valence-electron chi connectivity index (χ3n) is 4.81. The molecule has 13 heteroatoms. The summed E-state index contributed by atoms with van der Waals surface area (Å²) in [6.45, 7) is 0.365. The van der Waals surface area contributed by atoms with E-state index in [1.807, 2.05) is 5.38 Å². The molecule has 2 heterocycles. The number of nitro benzene ring substituents is 1. The van der Waals surface area contributed by atoms with Gasteiger partial charge in [0.05, 0.1) is 9.80 Å². The van der Waals surface area contributed by atoms with Gasteiger partial charge in [-0.25, -0.2) is 0 Å². The third-order valence-corrected chi connectivity index (χ3v) is 5.98. The first kappa shape index (κ1) is 24.1. The van der Waals surface area contributed by atoms with Gasteiger partial charge in [0.25, 0.3) is 23.4 Å². The van der Waals surface area contributed by atoms with E-state index in [0.29, 0.717) is 31.1 Å². The fourth-order valence-electron chi connectivity index (χ4n) is 3.05. The molecule has 11 nitrogen and oxygen atoms in total. The molecule has 0 saturated carbocycles. The predicted octanol–water partition coefficient (Wildman–Crippen LogP) is 1.57. The molecular formula is C20H19ClN4O7S. The molecule has 3 amide bonds. The van der Waals surface area contributed by atoms with Crippen molar-refractivity contribution >= 4 is 52.3 Å². The molecular weight excluding hydrogens is 476 g/mol. The minimum atomic E-state index is -0.841. The lowest BCUT2D eigenvalue weighted by molar-refractivity contribution is -0.384. The van der Waals surface area contributed by atoms with Gasteiger partial charge in [-0.05, 0) is 23.6 Å². The van der Waals surface area contributed by atoms with E-state index in [1.165, 1.54) is 28.4 Å². The van der Waals surface area contributed by atoms with E-state index in [0.717, 1.165) is 6.07 Å². The largest absolute Gasteiger partial charge is 0.454 e. The molecule has 174 valence electrons. The van der Waals surface area contributed by atoms with Gasteiger partial charge in [-0.1, -0.05) is 17.7 Å². The standard InChI is InChI=1S/C20H19ClN4O7S/c21-14-4-3-13(10-15(14)25(30)31)19(28)22-11-18(27)32-12-17(26)23-5-7-24(8-6-23)20(29)16-2-1-9-33-16/h1-4,9-10H,5-8,11-12H2,(H,22,28). The Morgan fingerprint density at radius 2 is 1.82 bits per heavy atom. The van der Waals surface area contributed by atoms with Crippen LogP contribution in [0.25, 0.3) is 0 Å². The maximum Gasteiger partial charge on any atom is 0.325 e. The molecule has 1 aliphatic heterocycles. The lowest BCUT2D eigenvalue weighted by Crippen LogP contribution is -2.51. The van der Waals surface area contributed by atoms with Gasteiger partial charge in [-0.15, -0.1) is 11.3 Å². The number of amides is 3. The zero-order valence-corrected chi connectivity index (χ0v) is 18.8. The summed E-state index contributed by atoms with van der Waals surface area (Å²) < 4.78 is 4.90. The molecule has 1 aliphatic rings. The van der Waals surface area contributed by atoms with Crippen LogP contribution in [0.2, 0.25) is 5.02 Å². The molecule has 1 saturated heterocycles. The molecule has 1 aromatic heterocycles. The maximum atomic E-state index is 12.3. The van der Waals surface area contributed by atoms with Gasteiger partial charge in [0.15, 0.2) is 6.61 Å². The van der Waals surface area contributed by atoms with E-state index < -0.39 is 41.5 Å². The molecule has 1 aromatic carbocycles. The van der Waals surface area contributed by atoms with Crippen LogP contribution in [0.3, 0.4) is 0 Å². The van der Waals surface area contributed by atoms with Crippen molar-refractivity contribution in [2.75, 3.05) is 39.3 Å². The summed E-state index contributed by atoms with van der Waals surface area (Å²) in [6.07, 6.45) is 0. The minimum Gasteiger partial charge on any atom is -0.454 e. The Bertz CT molecular complexity index is 1070. The van der Waals surface area contributed by atoms with Crippen LogP contribution in [0, 0.1) is 10.1 Å². The van der Waals surface area contributed by atoms with E-state index in [1.54, 1.807) is 17.0 Å². The molecule has 0 bridgehead atoms. The first-order valence-corrected chi connectivity index (χ1v) is 11.0. The molecule has 3 rings (SSSR count). The fourth-order valence-corrected chi connectivity index (χ4v) is 3.93. The summed E-state index contributed by atoms with van der Waals surface area (Å²) >= 11 is 7.06. The highest BCUT2D eigenvalue weighted by Gasteiger charge is 2.26. The van der Waals surface area contributed by atoms with Gasteiger partial charge in [-0.2, -0.15) is 0 Å². The number of nitrogens with zero attached hydrogens (tertiary/aromatic N) is 3. The SMILES string of the molecule is O=C(CNC(=O)c1ccc(Cl)c([N+](=O)[O-])c1)OCC(=O)N1CCN(C(=O)c2cccs2)CC1. The number of rotatable bonds is 7. The quantitative estimate of drug-likeness (QED) is 0.350. The molecule has 2 aromatic rings. The Labute approximate surface area is 197 Å². The summed E-state index contributed by atoms with van der Waals surface area (Å²) in [7, 11) is 0. The Morgan fingerprint density at radius 3 is 2.45 bits per heavy atom. The van der Waals surface area contributed by atoms with Crippen molar-refractivity contribution in [2.24, 2.45) is 0 Å². The minimum absolute atomic E-state index is 0.0510. The number of piperazine rings is 1.